The number of aliphatic hydroxyl groups is 1. The number of thiocarbonyl (C=S) groups is 1. The Morgan fingerprint density at radius 1 is 0.986 bits per heavy atom. The molecule has 2 saturated carbocycles. The first-order chi connectivity index (χ1) is 33.8. The second-order valence-electron chi connectivity index (χ2n) is 20.1. The van der Waals surface area contributed by atoms with Gasteiger partial charge < -0.3 is 35.0 Å². The number of aryl methyl sites for hydroxylation is 1. The van der Waals surface area contributed by atoms with Crippen LogP contribution in [0.15, 0.2) is 72.2 Å². The average Bonchev–Trinajstić information content (AvgIpc) is 4.01. The standard InChI is InChI=1S/C52H58F3N7O7S2/c1-31-44(71-30-58-31)35-12-10-32(11-13-35)25-57-46(65)42-23-39(63)26-60(42)47(66)45(50(2,3)4)59-43(64)29-68-27-33-6-8-34(9-7-33)28-69-40-18-16-37(17-19-40)62-49(70)61(48(67)51(62)20-5-21-51)38-15-14-36(24-56)41(22-38)52(53,54)55/h10-19,22,30,33-34,39,42,45,63H,5-9,20-21,23,25-29H2,1-4H3,(H,57,65)(H,59,64)/t33?,34?,39-,42+,45-/m1/s1. The summed E-state index contributed by atoms with van der Waals surface area (Å²) in [5.74, 6) is -0.528. The third kappa shape index (κ3) is 11.1. The predicted molar refractivity (Wildman–Crippen MR) is 265 cm³/mol. The number of nitriles is 1. The van der Waals surface area contributed by atoms with Gasteiger partial charge in [0, 0.05) is 25.2 Å². The number of amides is 4. The van der Waals surface area contributed by atoms with E-state index in [2.05, 4.69) is 15.6 Å². The minimum Gasteiger partial charge on any atom is -0.493 e. The molecule has 3 aromatic carbocycles. The number of rotatable bonds is 15. The number of carbonyl (C=O) groups excluding carboxylic acids is 4. The van der Waals surface area contributed by atoms with Crippen LogP contribution >= 0.6 is 23.6 Å². The maximum atomic E-state index is 14.1. The first-order valence-electron chi connectivity index (χ1n) is 23.9. The number of aromatic nitrogens is 1. The predicted octanol–water partition coefficient (Wildman–Crippen LogP) is 8.08. The van der Waals surface area contributed by atoms with Gasteiger partial charge in [0.15, 0.2) is 5.11 Å². The Balaban J connectivity index is 0.777. The van der Waals surface area contributed by atoms with Gasteiger partial charge in [0.2, 0.25) is 17.7 Å². The van der Waals surface area contributed by atoms with E-state index in [0.717, 1.165) is 70.8 Å². The number of likely N-dealkylation sites (tertiary alicyclic amines) is 1. The van der Waals surface area contributed by atoms with Crippen LogP contribution in [0.4, 0.5) is 24.5 Å². The van der Waals surface area contributed by atoms with Crippen molar-refractivity contribution >= 4 is 63.7 Å². The van der Waals surface area contributed by atoms with Gasteiger partial charge in [-0.05, 0) is 135 Å². The summed E-state index contributed by atoms with van der Waals surface area (Å²) in [5, 5.41) is 25.7. The largest absolute Gasteiger partial charge is 0.493 e. The summed E-state index contributed by atoms with van der Waals surface area (Å²) in [5.41, 5.74) is 1.87. The topological polar surface area (TPSA) is 177 Å². The maximum absolute atomic E-state index is 14.1. The minimum atomic E-state index is -4.79. The molecule has 3 heterocycles. The Bertz CT molecular complexity index is 2670. The van der Waals surface area contributed by atoms with Gasteiger partial charge in [0.05, 0.1) is 58.3 Å². The lowest BCUT2D eigenvalue weighted by Crippen LogP contribution is -2.58. The second-order valence-corrected chi connectivity index (χ2v) is 21.4. The van der Waals surface area contributed by atoms with Crippen LogP contribution in [0.2, 0.25) is 0 Å². The molecule has 71 heavy (non-hydrogen) atoms. The van der Waals surface area contributed by atoms with E-state index in [-0.39, 0.29) is 54.7 Å². The number of hydrogen-bond acceptors (Lipinski definition) is 11. The van der Waals surface area contributed by atoms with Crippen molar-refractivity contribution in [3.8, 4) is 22.3 Å². The highest BCUT2D eigenvalue weighted by Gasteiger charge is 2.60. The molecular weight excluding hydrogens is 956 g/mol. The lowest BCUT2D eigenvalue weighted by molar-refractivity contribution is -0.144. The summed E-state index contributed by atoms with van der Waals surface area (Å²) in [6.45, 7) is 8.29. The zero-order chi connectivity index (χ0) is 50.8. The van der Waals surface area contributed by atoms with Crippen LogP contribution in [0, 0.1) is 35.5 Å². The van der Waals surface area contributed by atoms with Crippen LogP contribution in [-0.2, 0) is 36.6 Å². The number of carbonyl (C=O) groups is 4. The van der Waals surface area contributed by atoms with E-state index < -0.39 is 64.2 Å². The number of β-amino-alcohol motifs (C(OH)–C–C–N with tert-alkyl or cyclic N) is 1. The normalized spacial score (nSPS) is 21.5. The smallest absolute Gasteiger partial charge is 0.417 e. The van der Waals surface area contributed by atoms with Crippen molar-refractivity contribution in [2.24, 2.45) is 17.3 Å². The van der Waals surface area contributed by atoms with E-state index in [4.69, 9.17) is 21.7 Å². The molecule has 1 spiro atoms. The molecular formula is C52H58F3N7O7S2. The van der Waals surface area contributed by atoms with Crippen molar-refractivity contribution in [3.63, 3.8) is 0 Å². The van der Waals surface area contributed by atoms with Crippen LogP contribution in [-0.4, -0.2) is 93.8 Å². The van der Waals surface area contributed by atoms with Gasteiger partial charge in [-0.1, -0.05) is 45.0 Å². The minimum absolute atomic E-state index is 0.0276. The number of nitrogens with zero attached hydrogens (tertiary/aromatic N) is 5. The van der Waals surface area contributed by atoms with Crippen molar-refractivity contribution in [2.45, 2.75) is 116 Å². The van der Waals surface area contributed by atoms with Gasteiger partial charge in [0.25, 0.3) is 5.91 Å². The molecule has 19 heteroatoms. The van der Waals surface area contributed by atoms with Crippen molar-refractivity contribution < 1.29 is 46.9 Å². The van der Waals surface area contributed by atoms with E-state index in [1.165, 1.54) is 11.0 Å². The highest BCUT2D eigenvalue weighted by molar-refractivity contribution is 7.81. The fourth-order valence-corrected chi connectivity index (χ4v) is 11.3. The van der Waals surface area contributed by atoms with Gasteiger partial charge in [-0.2, -0.15) is 18.4 Å². The molecule has 3 atom stereocenters. The SMILES string of the molecule is Cc1ncsc1-c1ccc(CNC(=O)[C@@H]2C[C@@H](O)CN2C(=O)[C@@H](NC(=O)COCC2CCC(COc3ccc(N4C(=S)N(c5ccc(C#N)c(C(F)(F)F)c5)C(=O)C45CCC5)cc3)CC2)C(C)(C)C)cc1. The molecule has 4 amide bonds. The van der Waals surface area contributed by atoms with Crippen molar-refractivity contribution in [1.82, 2.24) is 20.5 Å². The molecule has 2 aliphatic carbocycles. The molecule has 4 fully saturated rings. The third-order valence-corrected chi connectivity index (χ3v) is 15.5. The third-order valence-electron chi connectivity index (χ3n) is 14.1. The number of aliphatic hydroxyl groups excluding tert-OH is 1. The van der Waals surface area contributed by atoms with Crippen LogP contribution in [0.3, 0.4) is 0 Å². The summed E-state index contributed by atoms with van der Waals surface area (Å²) in [7, 11) is 0. The maximum Gasteiger partial charge on any atom is 0.417 e. The zero-order valence-electron chi connectivity index (χ0n) is 40.1. The molecule has 376 valence electrons. The summed E-state index contributed by atoms with van der Waals surface area (Å²) in [4.78, 5) is 64.4. The Kier molecular flexibility index (Phi) is 15.2. The molecule has 8 rings (SSSR count). The second kappa shape index (κ2) is 21.0. The highest BCUT2D eigenvalue weighted by atomic mass is 32.1. The average molecular weight is 1010 g/mol. The summed E-state index contributed by atoms with van der Waals surface area (Å²) in [6.07, 6.45) is -0.323. The lowest BCUT2D eigenvalue weighted by atomic mass is 9.75. The van der Waals surface area contributed by atoms with Crippen molar-refractivity contribution in [2.75, 3.05) is 36.2 Å². The van der Waals surface area contributed by atoms with Crippen molar-refractivity contribution in [3.05, 3.63) is 94.6 Å². The molecule has 4 aromatic rings. The van der Waals surface area contributed by atoms with Gasteiger partial charge in [-0.3, -0.25) is 24.1 Å². The van der Waals surface area contributed by atoms with Crippen LogP contribution < -0.4 is 25.2 Å². The van der Waals surface area contributed by atoms with E-state index >= 15 is 0 Å². The first kappa shape index (κ1) is 51.4. The zero-order valence-corrected chi connectivity index (χ0v) is 41.7. The first-order valence-corrected chi connectivity index (χ1v) is 25.2. The molecule has 14 nitrogen and oxygen atoms in total. The van der Waals surface area contributed by atoms with E-state index in [0.29, 0.717) is 37.5 Å². The highest BCUT2D eigenvalue weighted by Crippen LogP contribution is 2.49. The molecule has 0 radical (unpaired) electrons. The van der Waals surface area contributed by atoms with Crippen LogP contribution in [0.25, 0.3) is 10.4 Å². The number of nitrogens with one attached hydrogen (secondary N) is 2. The lowest BCUT2D eigenvalue weighted by Gasteiger charge is -2.43. The Morgan fingerprint density at radius 2 is 1.65 bits per heavy atom. The van der Waals surface area contributed by atoms with Gasteiger partial charge in [-0.25, -0.2) is 4.98 Å². The van der Waals surface area contributed by atoms with Crippen molar-refractivity contribution in [1.29, 1.82) is 5.26 Å². The molecule has 4 aliphatic rings. The van der Waals surface area contributed by atoms with E-state index in [9.17, 15) is 42.7 Å². The summed E-state index contributed by atoms with van der Waals surface area (Å²) >= 11 is 7.32. The van der Waals surface area contributed by atoms with Crippen LogP contribution in [0.5, 0.6) is 5.75 Å². The molecule has 0 bridgehead atoms. The monoisotopic (exact) mass is 1010 g/mol. The van der Waals surface area contributed by atoms with Gasteiger partial charge in [0.1, 0.15) is 30.0 Å². The summed E-state index contributed by atoms with van der Waals surface area (Å²) < 4.78 is 53.6. The van der Waals surface area contributed by atoms with E-state index in [1.54, 1.807) is 52.1 Å². The number of benzene rings is 3. The fourth-order valence-electron chi connectivity index (χ4n) is 9.98. The number of thiazole rings is 1. The molecule has 2 aliphatic heterocycles. The van der Waals surface area contributed by atoms with Crippen LogP contribution in [0.1, 0.15) is 94.5 Å². The Hall–Kier alpha value is -5.94. The number of halogens is 3. The fraction of sp³-hybridized carbons (Fsp3) is 0.481. The van der Waals surface area contributed by atoms with Gasteiger partial charge in [-0.15, -0.1) is 11.3 Å². The molecule has 2 saturated heterocycles. The quantitative estimate of drug-likeness (QED) is 0.0982. The Morgan fingerprint density at radius 3 is 2.24 bits per heavy atom. The number of hydrogen-bond donors (Lipinski definition) is 3. The summed E-state index contributed by atoms with van der Waals surface area (Å²) in [6, 6.07) is 17.9. The molecule has 0 unspecified atom stereocenters. The number of ether oxygens (including phenoxy) is 2. The molecule has 1 aromatic heterocycles. The van der Waals surface area contributed by atoms with Gasteiger partial charge >= 0.3 is 6.18 Å². The number of anilines is 2. The Labute approximate surface area is 420 Å². The number of alkyl halides is 3. The molecule has 3 N–H and O–H groups in total. The van der Waals surface area contributed by atoms with E-state index in [1.807, 2.05) is 52.0 Å².